The number of ketones is 1. The number of carbonyl (C=O) groups is 1. The first kappa shape index (κ1) is 25.7. The van der Waals surface area contributed by atoms with Gasteiger partial charge >= 0.3 is 0 Å². The van der Waals surface area contributed by atoms with Crippen molar-refractivity contribution in [3.8, 4) is 5.75 Å². The average molecular weight is 460 g/mol. The number of aliphatic hydroxyl groups excluding tert-OH is 1. The standard InChI is InChI=1S/C24H33NO6Si/c1-24(2,3)32(5,6)31-23(18-7-11-19(12-8-18)25(28)29)16-20(26)15-22(27)17-9-13-21(30-4)14-10-17/h7-14,22-23,27H,15-16H2,1-6H3/t22-,23+/m1/s1. The zero-order valence-electron chi connectivity index (χ0n) is 19.6. The first-order valence-electron chi connectivity index (χ1n) is 10.6. The van der Waals surface area contributed by atoms with Gasteiger partial charge in [0, 0.05) is 25.0 Å². The molecule has 0 heterocycles. The molecule has 0 aliphatic rings. The maximum atomic E-state index is 12.9. The van der Waals surface area contributed by atoms with Crippen LogP contribution in [0, 0.1) is 10.1 Å². The largest absolute Gasteiger partial charge is 0.497 e. The number of nitrogens with zero attached hydrogens (tertiary/aromatic N) is 1. The van der Waals surface area contributed by atoms with Crippen molar-refractivity contribution in [1.82, 2.24) is 0 Å². The number of hydrogen-bond acceptors (Lipinski definition) is 6. The fraction of sp³-hybridized carbons (Fsp3) is 0.458. The third kappa shape index (κ3) is 6.72. The maximum absolute atomic E-state index is 12.9. The van der Waals surface area contributed by atoms with Crippen LogP contribution in [-0.4, -0.2) is 31.2 Å². The number of ether oxygens (including phenoxy) is 1. The summed E-state index contributed by atoms with van der Waals surface area (Å²) >= 11 is 0. The van der Waals surface area contributed by atoms with Gasteiger partial charge in [-0.05, 0) is 53.5 Å². The average Bonchev–Trinajstić information content (AvgIpc) is 2.72. The van der Waals surface area contributed by atoms with E-state index in [1.165, 1.54) is 12.1 Å². The Morgan fingerprint density at radius 1 is 1.03 bits per heavy atom. The Labute approximate surface area is 190 Å². The Bertz CT molecular complexity index is 919. The summed E-state index contributed by atoms with van der Waals surface area (Å²) in [5.74, 6) is 0.531. The van der Waals surface area contributed by atoms with Gasteiger partial charge in [0.25, 0.3) is 5.69 Å². The first-order chi connectivity index (χ1) is 14.8. The number of methoxy groups -OCH3 is 1. The van der Waals surface area contributed by atoms with E-state index >= 15 is 0 Å². The molecule has 0 radical (unpaired) electrons. The third-order valence-electron chi connectivity index (χ3n) is 6.05. The third-order valence-corrected chi connectivity index (χ3v) is 10.5. The van der Waals surface area contributed by atoms with Gasteiger partial charge in [-0.15, -0.1) is 0 Å². The smallest absolute Gasteiger partial charge is 0.269 e. The normalized spacial score (nSPS) is 14.0. The van der Waals surface area contributed by atoms with Crippen molar-refractivity contribution >= 4 is 19.8 Å². The Hall–Kier alpha value is -2.55. The number of rotatable bonds is 10. The van der Waals surface area contributed by atoms with E-state index in [9.17, 15) is 20.0 Å². The van der Waals surface area contributed by atoms with Crippen LogP contribution in [0.15, 0.2) is 48.5 Å². The molecule has 0 bridgehead atoms. The number of benzene rings is 2. The Morgan fingerprint density at radius 2 is 1.56 bits per heavy atom. The van der Waals surface area contributed by atoms with Gasteiger partial charge in [0.05, 0.1) is 24.2 Å². The number of hydrogen-bond donors (Lipinski definition) is 1. The van der Waals surface area contributed by atoms with E-state index in [0.717, 1.165) is 0 Å². The highest BCUT2D eigenvalue weighted by atomic mass is 28.4. The molecule has 2 atom stereocenters. The van der Waals surface area contributed by atoms with Crippen LogP contribution in [0.2, 0.25) is 18.1 Å². The van der Waals surface area contributed by atoms with Crippen LogP contribution in [0.4, 0.5) is 5.69 Å². The minimum Gasteiger partial charge on any atom is -0.497 e. The number of non-ortho nitro benzene ring substituents is 1. The van der Waals surface area contributed by atoms with Crippen LogP contribution in [0.1, 0.15) is 56.9 Å². The zero-order valence-corrected chi connectivity index (χ0v) is 20.6. The first-order valence-corrected chi connectivity index (χ1v) is 13.5. The fourth-order valence-corrected chi connectivity index (χ4v) is 4.30. The summed E-state index contributed by atoms with van der Waals surface area (Å²) in [5, 5.41) is 21.5. The lowest BCUT2D eigenvalue weighted by Gasteiger charge is -2.39. The van der Waals surface area contributed by atoms with Crippen LogP contribution in [0.3, 0.4) is 0 Å². The van der Waals surface area contributed by atoms with Gasteiger partial charge in [0.15, 0.2) is 8.32 Å². The predicted molar refractivity (Wildman–Crippen MR) is 126 cm³/mol. The van der Waals surface area contributed by atoms with Crippen molar-refractivity contribution in [2.24, 2.45) is 0 Å². The molecule has 0 aliphatic carbocycles. The molecule has 2 aromatic rings. The quantitative estimate of drug-likeness (QED) is 0.276. The molecule has 2 rings (SSSR count). The van der Waals surface area contributed by atoms with Crippen LogP contribution in [0.25, 0.3) is 0 Å². The van der Waals surface area contributed by atoms with E-state index in [1.54, 1.807) is 43.5 Å². The van der Waals surface area contributed by atoms with Crippen LogP contribution in [-0.2, 0) is 9.22 Å². The fourth-order valence-electron chi connectivity index (χ4n) is 3.02. The Balaban J connectivity index is 2.20. The zero-order chi connectivity index (χ0) is 24.1. The molecule has 0 spiro atoms. The molecule has 0 saturated carbocycles. The molecule has 7 nitrogen and oxygen atoms in total. The number of aliphatic hydroxyl groups is 1. The maximum Gasteiger partial charge on any atom is 0.269 e. The van der Waals surface area contributed by atoms with Gasteiger partial charge in [-0.3, -0.25) is 14.9 Å². The van der Waals surface area contributed by atoms with Gasteiger partial charge in [-0.1, -0.05) is 32.9 Å². The van der Waals surface area contributed by atoms with Crippen LogP contribution >= 0.6 is 0 Å². The summed E-state index contributed by atoms with van der Waals surface area (Å²) in [6.07, 6.45) is -1.43. The van der Waals surface area contributed by atoms with Gasteiger partial charge in [-0.25, -0.2) is 0 Å². The predicted octanol–water partition coefficient (Wildman–Crippen LogP) is 5.75. The van der Waals surface area contributed by atoms with Crippen molar-refractivity contribution in [3.63, 3.8) is 0 Å². The molecule has 0 fully saturated rings. The number of carbonyl (C=O) groups excluding carboxylic acids is 1. The number of nitro benzene ring substituents is 1. The topological polar surface area (TPSA) is 98.9 Å². The van der Waals surface area contributed by atoms with E-state index < -0.39 is 25.4 Å². The van der Waals surface area contributed by atoms with Crippen molar-refractivity contribution in [1.29, 1.82) is 0 Å². The summed E-state index contributed by atoms with van der Waals surface area (Å²) in [7, 11) is -0.665. The van der Waals surface area contributed by atoms with Crippen LogP contribution in [0.5, 0.6) is 5.75 Å². The molecular formula is C24H33NO6Si. The molecule has 0 aromatic heterocycles. The van der Waals surface area contributed by atoms with Crippen molar-refractivity contribution in [2.75, 3.05) is 7.11 Å². The summed E-state index contributed by atoms with van der Waals surface area (Å²) < 4.78 is 11.7. The molecule has 0 aliphatic heterocycles. The van der Waals surface area contributed by atoms with Gasteiger partial charge in [0.2, 0.25) is 0 Å². The minimum atomic E-state index is -2.23. The highest BCUT2D eigenvalue weighted by molar-refractivity contribution is 6.74. The number of nitro groups is 1. The van der Waals surface area contributed by atoms with E-state index in [4.69, 9.17) is 9.16 Å². The van der Waals surface area contributed by atoms with Gasteiger partial charge in [-0.2, -0.15) is 0 Å². The minimum absolute atomic E-state index is 0.0129. The molecule has 1 N–H and O–H groups in total. The summed E-state index contributed by atoms with van der Waals surface area (Å²) in [6, 6.07) is 13.1. The monoisotopic (exact) mass is 459 g/mol. The van der Waals surface area contributed by atoms with Gasteiger partial charge < -0.3 is 14.3 Å². The molecular weight excluding hydrogens is 426 g/mol. The molecule has 0 amide bonds. The Morgan fingerprint density at radius 3 is 2.03 bits per heavy atom. The molecule has 0 saturated heterocycles. The second-order valence-electron chi connectivity index (χ2n) is 9.45. The molecule has 174 valence electrons. The summed E-state index contributed by atoms with van der Waals surface area (Å²) in [4.78, 5) is 23.4. The van der Waals surface area contributed by atoms with Crippen LogP contribution < -0.4 is 4.74 Å². The van der Waals surface area contributed by atoms with E-state index in [1.807, 2.05) is 0 Å². The lowest BCUT2D eigenvalue weighted by Crippen LogP contribution is -2.42. The van der Waals surface area contributed by atoms with Crippen molar-refractivity contribution < 1.29 is 24.0 Å². The second kappa shape index (κ2) is 10.4. The van der Waals surface area contributed by atoms with E-state index in [0.29, 0.717) is 16.9 Å². The SMILES string of the molecule is COc1ccc([C@H](O)CC(=O)C[C@H](O[Si](C)(C)C(C)(C)C)c2ccc([N+](=O)[O-])cc2)cc1. The van der Waals surface area contributed by atoms with Crippen molar-refractivity contribution in [3.05, 3.63) is 69.8 Å². The Kier molecular flexibility index (Phi) is 8.33. The van der Waals surface area contributed by atoms with Gasteiger partial charge in [0.1, 0.15) is 11.5 Å². The second-order valence-corrected chi connectivity index (χ2v) is 14.2. The lowest BCUT2D eigenvalue weighted by atomic mass is 9.98. The lowest BCUT2D eigenvalue weighted by molar-refractivity contribution is -0.384. The summed E-state index contributed by atoms with van der Waals surface area (Å²) in [5.41, 5.74) is 1.34. The molecule has 32 heavy (non-hydrogen) atoms. The highest BCUT2D eigenvalue weighted by Gasteiger charge is 2.40. The highest BCUT2D eigenvalue weighted by Crippen LogP contribution is 2.41. The molecule has 8 heteroatoms. The van der Waals surface area contributed by atoms with E-state index in [2.05, 4.69) is 33.9 Å². The molecule has 2 aromatic carbocycles. The number of Topliss-reactive ketones (excluding diaryl/α,β-unsaturated/α-hetero) is 1. The molecule has 0 unspecified atom stereocenters. The van der Waals surface area contributed by atoms with Crippen molar-refractivity contribution in [2.45, 2.75) is 64.0 Å². The summed E-state index contributed by atoms with van der Waals surface area (Å²) in [6.45, 7) is 10.5. The van der Waals surface area contributed by atoms with E-state index in [-0.39, 0.29) is 29.4 Å².